The number of hydrogen-bond acceptors (Lipinski definition) is 4. The van der Waals surface area contributed by atoms with E-state index in [9.17, 15) is 18.0 Å². The number of nitrogens with zero attached hydrogens (tertiary/aromatic N) is 3. The second-order valence-corrected chi connectivity index (χ2v) is 9.05. The second-order valence-electron chi connectivity index (χ2n) is 9.05. The number of amides is 1. The topological polar surface area (TPSA) is 71.8 Å². The standard InChI is InChI=1S/C24H28F3N5O/c1-14(2)32-13-16(12-28-32)23(33)30-18-6-4-5-17(10-18)29-21-11-22(24(25,26)27)31-20-8-7-15(3)9-19(20)21/h7-9,11-14,17-18H,4-6,10H2,1-3H3,(H,29,31)(H,30,33)/t17-,18+/m0/s1. The van der Waals surface area contributed by atoms with Gasteiger partial charge in [-0.25, -0.2) is 4.98 Å². The van der Waals surface area contributed by atoms with Crippen molar-refractivity contribution in [3.05, 3.63) is 53.5 Å². The van der Waals surface area contributed by atoms with Crippen molar-refractivity contribution < 1.29 is 18.0 Å². The molecule has 0 bridgehead atoms. The SMILES string of the molecule is Cc1ccc2nc(C(F)(F)F)cc(N[C@H]3CCC[C@@H](NC(=O)c4cnn(C(C)C)c4)C3)c2c1. The Balaban J connectivity index is 1.51. The number of nitrogens with one attached hydrogen (secondary N) is 2. The van der Waals surface area contributed by atoms with E-state index in [0.29, 0.717) is 28.6 Å². The molecule has 0 saturated heterocycles. The summed E-state index contributed by atoms with van der Waals surface area (Å²) in [5.74, 6) is -0.183. The maximum Gasteiger partial charge on any atom is 0.433 e. The van der Waals surface area contributed by atoms with E-state index in [4.69, 9.17) is 0 Å². The lowest BCUT2D eigenvalue weighted by Gasteiger charge is -2.31. The number of anilines is 1. The fourth-order valence-corrected chi connectivity index (χ4v) is 4.28. The molecule has 2 aromatic heterocycles. The first-order chi connectivity index (χ1) is 15.6. The molecule has 9 heteroatoms. The fraction of sp³-hybridized carbons (Fsp3) is 0.458. The van der Waals surface area contributed by atoms with Crippen molar-refractivity contribution in [1.82, 2.24) is 20.1 Å². The van der Waals surface area contributed by atoms with E-state index in [1.807, 2.05) is 26.8 Å². The first-order valence-electron chi connectivity index (χ1n) is 11.2. The Hall–Kier alpha value is -3.10. The summed E-state index contributed by atoms with van der Waals surface area (Å²) in [5, 5.41) is 11.3. The summed E-state index contributed by atoms with van der Waals surface area (Å²) < 4.78 is 42.0. The Morgan fingerprint density at radius 3 is 2.64 bits per heavy atom. The minimum atomic E-state index is -4.53. The molecular weight excluding hydrogens is 431 g/mol. The van der Waals surface area contributed by atoms with Gasteiger partial charge in [-0.15, -0.1) is 0 Å². The molecule has 0 radical (unpaired) electrons. The van der Waals surface area contributed by atoms with Gasteiger partial charge in [0.1, 0.15) is 5.69 Å². The summed E-state index contributed by atoms with van der Waals surface area (Å²) in [6.07, 6.45) is 1.88. The summed E-state index contributed by atoms with van der Waals surface area (Å²) in [7, 11) is 0. The molecule has 1 fully saturated rings. The van der Waals surface area contributed by atoms with Crippen molar-refractivity contribution in [3.8, 4) is 0 Å². The zero-order chi connectivity index (χ0) is 23.8. The van der Waals surface area contributed by atoms with Crippen molar-refractivity contribution in [3.63, 3.8) is 0 Å². The van der Waals surface area contributed by atoms with Crippen LogP contribution in [0.1, 0.15) is 67.2 Å². The van der Waals surface area contributed by atoms with Crippen molar-refractivity contribution >= 4 is 22.5 Å². The quantitative estimate of drug-likeness (QED) is 0.529. The summed E-state index contributed by atoms with van der Waals surface area (Å²) in [4.78, 5) is 16.5. The number of pyridine rings is 1. The highest BCUT2D eigenvalue weighted by atomic mass is 19.4. The molecule has 0 spiro atoms. The van der Waals surface area contributed by atoms with E-state index in [0.717, 1.165) is 30.9 Å². The van der Waals surface area contributed by atoms with Gasteiger partial charge in [-0.1, -0.05) is 11.6 Å². The summed E-state index contributed by atoms with van der Waals surface area (Å²) >= 11 is 0. The highest BCUT2D eigenvalue weighted by Crippen LogP contribution is 2.34. The van der Waals surface area contributed by atoms with Crippen LogP contribution in [0, 0.1) is 6.92 Å². The van der Waals surface area contributed by atoms with Crippen molar-refractivity contribution in [1.29, 1.82) is 0 Å². The molecule has 2 heterocycles. The Kier molecular flexibility index (Phi) is 6.32. The average molecular weight is 460 g/mol. The van der Waals surface area contributed by atoms with Crippen LogP contribution in [0.4, 0.5) is 18.9 Å². The molecule has 1 aliphatic rings. The number of aryl methyl sites for hydroxylation is 1. The number of hydrogen-bond donors (Lipinski definition) is 2. The molecule has 4 rings (SSSR count). The van der Waals surface area contributed by atoms with Crippen LogP contribution in [0.5, 0.6) is 0 Å². The third kappa shape index (κ3) is 5.29. The largest absolute Gasteiger partial charge is 0.433 e. The minimum absolute atomic E-state index is 0.0605. The molecule has 33 heavy (non-hydrogen) atoms. The van der Waals surface area contributed by atoms with Crippen LogP contribution >= 0.6 is 0 Å². The van der Waals surface area contributed by atoms with E-state index in [-0.39, 0.29) is 24.0 Å². The smallest absolute Gasteiger partial charge is 0.382 e. The van der Waals surface area contributed by atoms with Crippen LogP contribution in [-0.2, 0) is 6.18 Å². The molecular formula is C24H28F3N5O. The van der Waals surface area contributed by atoms with Crippen LogP contribution in [0.15, 0.2) is 36.7 Å². The van der Waals surface area contributed by atoms with Gasteiger partial charge in [0.2, 0.25) is 0 Å². The zero-order valence-corrected chi connectivity index (χ0v) is 18.9. The third-order valence-corrected chi connectivity index (χ3v) is 6.02. The normalized spacial score (nSPS) is 19.1. The lowest BCUT2D eigenvalue weighted by molar-refractivity contribution is -0.140. The van der Waals surface area contributed by atoms with Gasteiger partial charge in [0.15, 0.2) is 0 Å². The average Bonchev–Trinajstić information content (AvgIpc) is 3.24. The predicted molar refractivity (Wildman–Crippen MR) is 121 cm³/mol. The Labute approximate surface area is 190 Å². The lowest BCUT2D eigenvalue weighted by Crippen LogP contribution is -2.41. The molecule has 0 unspecified atom stereocenters. The van der Waals surface area contributed by atoms with Crippen LogP contribution in [0.25, 0.3) is 10.9 Å². The molecule has 1 aromatic carbocycles. The first kappa shape index (κ1) is 23.1. The lowest BCUT2D eigenvalue weighted by atomic mass is 9.90. The predicted octanol–water partition coefficient (Wildman–Crippen LogP) is 5.49. The number of aromatic nitrogens is 3. The summed E-state index contributed by atoms with van der Waals surface area (Å²) in [6.45, 7) is 5.87. The summed E-state index contributed by atoms with van der Waals surface area (Å²) in [5.41, 5.74) is 1.27. The molecule has 2 atom stereocenters. The minimum Gasteiger partial charge on any atom is -0.382 e. The number of carbonyl (C=O) groups excluding carboxylic acids is 1. The van der Waals surface area contributed by atoms with Gasteiger partial charge >= 0.3 is 6.18 Å². The highest BCUT2D eigenvalue weighted by molar-refractivity contribution is 5.94. The van der Waals surface area contributed by atoms with Crippen molar-refractivity contribution in [2.45, 2.75) is 70.8 Å². The molecule has 2 N–H and O–H groups in total. The Bertz CT molecular complexity index is 1150. The van der Waals surface area contributed by atoms with Gasteiger partial charge in [0.05, 0.1) is 17.3 Å². The second kappa shape index (κ2) is 9.03. The van der Waals surface area contributed by atoms with E-state index >= 15 is 0 Å². The first-order valence-corrected chi connectivity index (χ1v) is 11.2. The maximum atomic E-state index is 13.4. The summed E-state index contributed by atoms with van der Waals surface area (Å²) in [6, 6.07) is 6.34. The number of halogens is 3. The Morgan fingerprint density at radius 1 is 1.18 bits per heavy atom. The molecule has 6 nitrogen and oxygen atoms in total. The van der Waals surface area contributed by atoms with Gasteiger partial charge < -0.3 is 10.6 Å². The van der Waals surface area contributed by atoms with E-state index in [2.05, 4.69) is 20.7 Å². The molecule has 1 aliphatic carbocycles. The molecule has 0 aliphatic heterocycles. The molecule has 3 aromatic rings. The number of rotatable bonds is 5. The van der Waals surface area contributed by atoms with Gasteiger partial charge in [-0.3, -0.25) is 9.48 Å². The number of carbonyl (C=O) groups is 1. The van der Waals surface area contributed by atoms with Crippen LogP contribution in [0.2, 0.25) is 0 Å². The third-order valence-electron chi connectivity index (χ3n) is 6.02. The number of fused-ring (bicyclic) bond motifs is 1. The van der Waals surface area contributed by atoms with Gasteiger partial charge in [0, 0.05) is 35.4 Å². The van der Waals surface area contributed by atoms with Crippen LogP contribution in [-0.4, -0.2) is 32.8 Å². The zero-order valence-electron chi connectivity index (χ0n) is 18.9. The monoisotopic (exact) mass is 459 g/mol. The van der Waals surface area contributed by atoms with Crippen LogP contribution in [0.3, 0.4) is 0 Å². The van der Waals surface area contributed by atoms with E-state index < -0.39 is 11.9 Å². The van der Waals surface area contributed by atoms with Crippen molar-refractivity contribution in [2.24, 2.45) is 0 Å². The molecule has 1 amide bonds. The van der Waals surface area contributed by atoms with E-state index in [1.165, 1.54) is 0 Å². The maximum absolute atomic E-state index is 13.4. The fourth-order valence-electron chi connectivity index (χ4n) is 4.28. The van der Waals surface area contributed by atoms with Gasteiger partial charge in [0.25, 0.3) is 5.91 Å². The van der Waals surface area contributed by atoms with Crippen LogP contribution < -0.4 is 10.6 Å². The Morgan fingerprint density at radius 2 is 1.94 bits per heavy atom. The number of alkyl halides is 3. The molecule has 176 valence electrons. The van der Waals surface area contributed by atoms with Crippen molar-refractivity contribution in [2.75, 3.05) is 5.32 Å². The van der Waals surface area contributed by atoms with Gasteiger partial charge in [-0.05, 0) is 64.7 Å². The molecule has 1 saturated carbocycles. The van der Waals surface area contributed by atoms with Gasteiger partial charge in [-0.2, -0.15) is 18.3 Å². The number of benzene rings is 1. The van der Waals surface area contributed by atoms with E-state index in [1.54, 1.807) is 29.2 Å². The highest BCUT2D eigenvalue weighted by Gasteiger charge is 2.34.